The van der Waals surface area contributed by atoms with Crippen LogP contribution in [-0.2, 0) is 11.3 Å². The van der Waals surface area contributed by atoms with Crippen molar-refractivity contribution in [3.8, 4) is 6.07 Å². The summed E-state index contributed by atoms with van der Waals surface area (Å²) in [6, 6.07) is 10.6. The number of nitriles is 1. The van der Waals surface area contributed by atoms with Gasteiger partial charge in [0.1, 0.15) is 24.0 Å². The lowest BCUT2D eigenvalue weighted by Gasteiger charge is -2.14. The number of pyridine rings is 1. The Balaban J connectivity index is 1.92. The van der Waals surface area contributed by atoms with Crippen molar-refractivity contribution in [2.75, 3.05) is 17.7 Å². The normalized spacial score (nSPS) is 10.2. The molecule has 3 aromatic rings. The van der Waals surface area contributed by atoms with Gasteiger partial charge in [-0.25, -0.2) is 15.0 Å². The van der Waals surface area contributed by atoms with E-state index in [-0.39, 0.29) is 0 Å². The van der Waals surface area contributed by atoms with Gasteiger partial charge in [-0.1, -0.05) is 17.7 Å². The fourth-order valence-electron chi connectivity index (χ4n) is 2.46. The second-order valence-corrected chi connectivity index (χ2v) is 6.06. The maximum Gasteiger partial charge on any atom is 0.135 e. The van der Waals surface area contributed by atoms with Crippen molar-refractivity contribution in [3.63, 3.8) is 0 Å². The molecule has 0 aliphatic heterocycles. The molecule has 0 radical (unpaired) electrons. The van der Waals surface area contributed by atoms with Crippen LogP contribution in [0.2, 0.25) is 5.02 Å². The third-order valence-electron chi connectivity index (χ3n) is 3.76. The minimum atomic E-state index is 0.369. The lowest BCUT2D eigenvalue weighted by Crippen LogP contribution is -2.03. The van der Waals surface area contributed by atoms with Gasteiger partial charge in [0.2, 0.25) is 0 Å². The molecular weight excluding hydrogens is 378 g/mol. The molecule has 0 bridgehead atoms. The zero-order valence-corrected chi connectivity index (χ0v) is 15.7. The molecule has 0 saturated heterocycles. The van der Waals surface area contributed by atoms with Crippen molar-refractivity contribution < 1.29 is 4.74 Å². The zero-order chi connectivity index (χ0) is 19.9. The molecule has 0 unspecified atom stereocenters. The van der Waals surface area contributed by atoms with E-state index in [4.69, 9.17) is 21.7 Å². The number of ether oxygens (including phenoxy) is 1. The fourth-order valence-corrected chi connectivity index (χ4v) is 2.68. The summed E-state index contributed by atoms with van der Waals surface area (Å²) in [7, 11) is 1.59. The third kappa shape index (κ3) is 4.40. The molecular formula is C19H16ClN7O. The molecule has 0 spiro atoms. The highest BCUT2D eigenvalue weighted by Gasteiger charge is 2.11. The lowest BCUT2D eigenvalue weighted by molar-refractivity contribution is 0.181. The van der Waals surface area contributed by atoms with Gasteiger partial charge in [-0.2, -0.15) is 5.26 Å². The molecule has 0 aliphatic carbocycles. The van der Waals surface area contributed by atoms with Crippen LogP contribution in [0.4, 0.5) is 23.0 Å². The smallest absolute Gasteiger partial charge is 0.135 e. The largest absolute Gasteiger partial charge is 0.378 e. The fraction of sp³-hybridized carbons (Fsp3) is 0.105. The third-order valence-corrected chi connectivity index (χ3v) is 4.07. The number of hydrogen-bond acceptors (Lipinski definition) is 8. The molecule has 0 atom stereocenters. The monoisotopic (exact) mass is 393 g/mol. The highest BCUT2D eigenvalue weighted by molar-refractivity contribution is 6.33. The first-order chi connectivity index (χ1) is 13.6. The van der Waals surface area contributed by atoms with Gasteiger partial charge in [0.25, 0.3) is 0 Å². The summed E-state index contributed by atoms with van der Waals surface area (Å²) < 4.78 is 5.07. The summed E-state index contributed by atoms with van der Waals surface area (Å²) in [5.41, 5.74) is 2.70. The van der Waals surface area contributed by atoms with E-state index in [9.17, 15) is 5.26 Å². The number of hydrogen-bond donors (Lipinski definition) is 3. The van der Waals surface area contributed by atoms with Gasteiger partial charge in [0.05, 0.1) is 34.3 Å². The molecule has 0 amide bonds. The van der Waals surface area contributed by atoms with Crippen molar-refractivity contribution in [3.05, 3.63) is 64.7 Å². The van der Waals surface area contributed by atoms with E-state index in [1.807, 2.05) is 0 Å². The lowest BCUT2D eigenvalue weighted by atomic mass is 10.1. The molecule has 2 heterocycles. The van der Waals surface area contributed by atoms with Crippen molar-refractivity contribution in [2.45, 2.75) is 6.61 Å². The first-order valence-corrected chi connectivity index (χ1v) is 8.55. The van der Waals surface area contributed by atoms with Crippen LogP contribution >= 0.6 is 11.6 Å². The summed E-state index contributed by atoms with van der Waals surface area (Å²) in [6.07, 6.45) is 4.14. The maximum absolute atomic E-state index is 9.32. The van der Waals surface area contributed by atoms with Gasteiger partial charge in [0, 0.05) is 37.2 Å². The van der Waals surface area contributed by atoms with Gasteiger partial charge < -0.3 is 20.8 Å². The van der Waals surface area contributed by atoms with Crippen LogP contribution in [0.3, 0.4) is 0 Å². The van der Waals surface area contributed by atoms with E-state index in [0.29, 0.717) is 45.8 Å². The topological polar surface area (TPSA) is 120 Å². The van der Waals surface area contributed by atoms with Gasteiger partial charge >= 0.3 is 0 Å². The van der Waals surface area contributed by atoms with E-state index < -0.39 is 0 Å². The number of nitrogens with one attached hydrogen (secondary N) is 3. The second-order valence-electron chi connectivity index (χ2n) is 5.65. The maximum atomic E-state index is 9.32. The number of anilines is 4. The van der Waals surface area contributed by atoms with Crippen molar-refractivity contribution >= 4 is 40.8 Å². The van der Waals surface area contributed by atoms with Crippen LogP contribution in [0.5, 0.6) is 0 Å². The minimum Gasteiger partial charge on any atom is -0.378 e. The van der Waals surface area contributed by atoms with E-state index in [1.165, 1.54) is 18.7 Å². The highest BCUT2D eigenvalue weighted by Crippen LogP contribution is 2.31. The Labute approximate surface area is 166 Å². The number of halogens is 1. The molecule has 8 nitrogen and oxygen atoms in total. The molecule has 9 heteroatoms. The van der Waals surface area contributed by atoms with Crippen molar-refractivity contribution in [2.24, 2.45) is 0 Å². The summed E-state index contributed by atoms with van der Waals surface area (Å²) in [5, 5.41) is 23.6. The van der Waals surface area contributed by atoms with Gasteiger partial charge in [-0.3, -0.25) is 0 Å². The van der Waals surface area contributed by atoms with Crippen LogP contribution in [0, 0.1) is 16.7 Å². The quantitative estimate of drug-likeness (QED) is 0.518. The summed E-state index contributed by atoms with van der Waals surface area (Å²) in [6.45, 7) is 0.369. The van der Waals surface area contributed by atoms with Crippen LogP contribution in [0.25, 0.3) is 0 Å². The Bertz CT molecular complexity index is 1050. The van der Waals surface area contributed by atoms with Crippen LogP contribution in [-0.4, -0.2) is 28.3 Å². The first kappa shape index (κ1) is 19.2. The second kappa shape index (κ2) is 8.90. The molecule has 0 fully saturated rings. The molecule has 3 rings (SSSR count). The van der Waals surface area contributed by atoms with Crippen molar-refractivity contribution in [1.29, 1.82) is 10.7 Å². The number of para-hydroxylation sites is 1. The average Bonchev–Trinajstić information content (AvgIpc) is 2.70. The Morgan fingerprint density at radius 1 is 1.21 bits per heavy atom. The number of rotatable bonds is 7. The highest BCUT2D eigenvalue weighted by atomic mass is 35.5. The number of aromatic nitrogens is 3. The summed E-state index contributed by atoms with van der Waals surface area (Å²) >= 11 is 6.24. The molecule has 1 aromatic carbocycles. The average molecular weight is 394 g/mol. The standard InChI is InChI=1S/C19H16ClN7O/c1-28-10-14-5-17(25-11-24-14)27-18-6-16(13(8-22)9-23-18)26-19-12(7-21)3-2-4-15(19)20/h2-6,8-9,11,22H,10H2,1H3,(H2,23,24,25,26,27). The molecule has 0 aliphatic rings. The summed E-state index contributed by atoms with van der Waals surface area (Å²) in [4.78, 5) is 12.6. The van der Waals surface area contributed by atoms with Gasteiger partial charge in [-0.05, 0) is 12.1 Å². The Morgan fingerprint density at radius 2 is 2.04 bits per heavy atom. The van der Waals surface area contributed by atoms with E-state index >= 15 is 0 Å². The molecule has 2 aromatic heterocycles. The van der Waals surface area contributed by atoms with E-state index in [0.717, 1.165) is 5.69 Å². The Morgan fingerprint density at radius 3 is 2.79 bits per heavy atom. The summed E-state index contributed by atoms with van der Waals surface area (Å²) in [5.74, 6) is 1.05. The molecule has 3 N–H and O–H groups in total. The number of benzene rings is 1. The van der Waals surface area contributed by atoms with Crippen molar-refractivity contribution in [1.82, 2.24) is 15.0 Å². The minimum absolute atomic E-state index is 0.369. The first-order valence-electron chi connectivity index (χ1n) is 8.17. The Hall–Kier alpha value is -3.54. The van der Waals surface area contributed by atoms with Crippen LogP contribution in [0.15, 0.2) is 42.9 Å². The predicted molar refractivity (Wildman–Crippen MR) is 108 cm³/mol. The molecule has 140 valence electrons. The van der Waals surface area contributed by atoms with Gasteiger partial charge in [0.15, 0.2) is 0 Å². The number of nitrogens with zero attached hydrogens (tertiary/aromatic N) is 4. The predicted octanol–water partition coefficient (Wildman–Crippen LogP) is 4.03. The van der Waals surface area contributed by atoms with Crippen LogP contribution in [0.1, 0.15) is 16.8 Å². The zero-order valence-electron chi connectivity index (χ0n) is 14.9. The molecule has 0 saturated carbocycles. The SMILES string of the molecule is COCc1cc(Nc2cc(Nc3c(Cl)cccc3C#N)c(C=N)cn2)ncn1. The van der Waals surface area contributed by atoms with E-state index in [2.05, 4.69) is 31.7 Å². The van der Waals surface area contributed by atoms with Crippen LogP contribution < -0.4 is 10.6 Å². The number of methoxy groups -OCH3 is 1. The Kier molecular flexibility index (Phi) is 6.11. The molecule has 28 heavy (non-hydrogen) atoms. The van der Waals surface area contributed by atoms with Gasteiger partial charge in [-0.15, -0.1) is 0 Å². The van der Waals surface area contributed by atoms with E-state index in [1.54, 1.807) is 37.4 Å².